The van der Waals surface area contributed by atoms with Gasteiger partial charge in [-0.25, -0.2) is 0 Å². The maximum absolute atomic E-state index is 0. The van der Waals surface area contributed by atoms with Crippen molar-refractivity contribution in [2.75, 3.05) is 0 Å². The van der Waals surface area contributed by atoms with Gasteiger partial charge in [0.2, 0.25) is 0 Å². The first-order chi connectivity index (χ1) is 0. The van der Waals surface area contributed by atoms with Gasteiger partial charge in [0.1, 0.15) is 0 Å². The van der Waals surface area contributed by atoms with E-state index >= 15 is 0 Å². The summed E-state index contributed by atoms with van der Waals surface area (Å²) in [6, 6.07) is 0. The molecule has 0 aromatic carbocycles. The molecule has 0 saturated carbocycles. The van der Waals surface area contributed by atoms with Gasteiger partial charge in [-0.2, -0.15) is 0 Å². The van der Waals surface area contributed by atoms with Crippen LogP contribution in [0, 0.1) is 0 Å². The van der Waals surface area contributed by atoms with E-state index in [0.29, 0.717) is 0 Å². The summed E-state index contributed by atoms with van der Waals surface area (Å²) in [7, 11) is 0. The molecule has 0 atom stereocenters. The van der Waals surface area contributed by atoms with Crippen molar-refractivity contribution in [2.45, 2.75) is 0 Å². The van der Waals surface area contributed by atoms with Crippen LogP contribution < -0.4 is 0 Å². The fourth-order valence-electron chi connectivity index (χ4n) is 0. The van der Waals surface area contributed by atoms with Gasteiger partial charge in [0, 0.05) is 61.3 Å². The molecule has 0 heterocycles. The largest absolute Gasteiger partial charge is 0 e. The predicted octanol–water partition coefficient (Wildman–Crippen LogP) is -0.388. The van der Waals surface area contributed by atoms with E-state index in [9.17, 15) is 0 Å². The quantitative estimate of drug-likeness (QED) is 0.477. The van der Waals surface area contributed by atoms with Gasteiger partial charge >= 0.3 is 0 Å². The van der Waals surface area contributed by atoms with Crippen LogP contribution in [0.4, 0.5) is 0 Å². The summed E-state index contributed by atoms with van der Waals surface area (Å²) in [6.45, 7) is 0. The molecule has 0 N–H and O–H groups in total. The van der Waals surface area contributed by atoms with Crippen LogP contribution in [0.2, 0.25) is 0 Å². The second-order valence-electron chi connectivity index (χ2n) is 0. The van der Waals surface area contributed by atoms with E-state index in [4.69, 9.17) is 0 Å². The molecule has 0 aliphatic rings. The fourth-order valence-corrected chi connectivity index (χ4v) is 0. The molecule has 0 amide bonds. The third kappa shape index (κ3) is 9.28. The van der Waals surface area contributed by atoms with Crippen molar-refractivity contribution in [3.8, 4) is 0 Å². The Kier molecular flexibility index (Phi) is 234. The molecule has 34 valence electrons. The predicted molar refractivity (Wildman–Crippen MR) is 5.75 cm³/mol. The van der Waals surface area contributed by atoms with Crippen LogP contribution in [0.15, 0.2) is 0 Å². The zero-order valence-corrected chi connectivity index (χ0v) is 5.42. The third-order valence-corrected chi connectivity index (χ3v) is 0. The Morgan fingerprint density at radius 1 is 1.00 bits per heavy atom. The monoisotopic (exact) mass is 208 g/mol. The minimum atomic E-state index is 0. The van der Waals surface area contributed by atoms with E-state index in [-0.39, 0.29) is 61.3 Å². The second kappa shape index (κ2) is 21.9. The van der Waals surface area contributed by atoms with Crippen LogP contribution >= 0.6 is 0 Å². The van der Waals surface area contributed by atoms with Crippen LogP contribution in [0.25, 0.3) is 0 Å². The van der Waals surface area contributed by atoms with Gasteiger partial charge in [-0.3, -0.25) is 0 Å². The molecule has 0 aliphatic heterocycles. The molecule has 6 radical (unpaired) electrons. The van der Waals surface area contributed by atoms with Gasteiger partial charge in [0.05, 0.1) is 0 Å². The Morgan fingerprint density at radius 2 is 1.00 bits per heavy atom. The summed E-state index contributed by atoms with van der Waals surface area (Å²) in [5.74, 6) is 0. The van der Waals surface area contributed by atoms with E-state index in [1.165, 1.54) is 0 Å². The van der Waals surface area contributed by atoms with Gasteiger partial charge < -0.3 is 0 Å². The first-order valence-corrected chi connectivity index (χ1v) is 0. The Labute approximate surface area is 61.1 Å². The van der Waals surface area contributed by atoms with Crippen molar-refractivity contribution in [3.63, 3.8) is 0 Å². The molecule has 0 aliphatic carbocycles. The third-order valence-electron chi connectivity index (χ3n) is 0. The van der Waals surface area contributed by atoms with Crippen LogP contribution in [0.5, 0.6) is 0 Å². The Balaban J connectivity index is 0. The van der Waals surface area contributed by atoms with Gasteiger partial charge in [0.25, 0.3) is 0 Å². The molecule has 0 saturated heterocycles. The standard InChI is InChI=1S/Co.Cu.Ni.Si. The summed E-state index contributed by atoms with van der Waals surface area (Å²) in [6.07, 6.45) is 0. The van der Waals surface area contributed by atoms with E-state index in [1.54, 1.807) is 0 Å². The van der Waals surface area contributed by atoms with E-state index < -0.39 is 0 Å². The van der Waals surface area contributed by atoms with Crippen molar-refractivity contribution in [3.05, 3.63) is 0 Å². The van der Waals surface area contributed by atoms with E-state index in [0.717, 1.165) is 0 Å². The van der Waals surface area contributed by atoms with Crippen LogP contribution in [0.1, 0.15) is 0 Å². The van der Waals surface area contributed by atoms with E-state index in [2.05, 4.69) is 0 Å². The van der Waals surface area contributed by atoms with Gasteiger partial charge in [-0.15, -0.1) is 0 Å². The maximum atomic E-state index is 0. The van der Waals surface area contributed by atoms with Crippen molar-refractivity contribution in [1.82, 2.24) is 0 Å². The topological polar surface area (TPSA) is 0 Å². The average Bonchev–Trinajstić information content (AvgIpc) is 0. The summed E-state index contributed by atoms with van der Waals surface area (Å²) >= 11 is 0. The summed E-state index contributed by atoms with van der Waals surface area (Å²) < 4.78 is 0. The van der Waals surface area contributed by atoms with E-state index in [1.807, 2.05) is 0 Å². The number of hydrogen-bond acceptors (Lipinski definition) is 0. The smallest absolute Gasteiger partial charge is 0 e. The van der Waals surface area contributed by atoms with Gasteiger partial charge in [-0.1, -0.05) is 0 Å². The molecule has 0 spiro atoms. The molecule has 0 bridgehead atoms. The fraction of sp³-hybridized carbons (Fsp3) is 0. The molecule has 4 heteroatoms. The molecule has 0 fully saturated rings. The maximum Gasteiger partial charge on any atom is 0 e. The van der Waals surface area contributed by atoms with Crippen LogP contribution in [-0.4, -0.2) is 11.0 Å². The molecule has 0 nitrogen and oxygen atoms in total. The zero-order valence-electron chi connectivity index (χ0n) is 1.45. The number of hydrogen-bond donors (Lipinski definition) is 0. The summed E-state index contributed by atoms with van der Waals surface area (Å²) in [5, 5.41) is 0. The first-order valence-electron chi connectivity index (χ1n) is 0. The minimum Gasteiger partial charge on any atom is 0 e. The van der Waals surface area contributed by atoms with Crippen molar-refractivity contribution in [1.29, 1.82) is 0 Å². The van der Waals surface area contributed by atoms with Crippen LogP contribution in [-0.2, 0) is 50.3 Å². The normalized spacial score (nSPS) is 0. The Bertz CT molecular complexity index is 8.00. The number of rotatable bonds is 0. The Hall–Kier alpha value is 1.74. The summed E-state index contributed by atoms with van der Waals surface area (Å²) in [5.41, 5.74) is 0. The molecule has 0 rings (SSSR count). The van der Waals surface area contributed by atoms with Crippen molar-refractivity contribution < 1.29 is 50.3 Å². The summed E-state index contributed by atoms with van der Waals surface area (Å²) in [4.78, 5) is 0. The first kappa shape index (κ1) is 42.7. The molecular weight excluding hydrogens is 209 g/mol. The molecule has 0 aromatic heterocycles. The van der Waals surface area contributed by atoms with Crippen molar-refractivity contribution >= 4 is 11.0 Å². The minimum absolute atomic E-state index is 0. The van der Waals surface area contributed by atoms with Crippen molar-refractivity contribution in [2.24, 2.45) is 0 Å². The zero-order chi connectivity index (χ0) is 0. The molecule has 0 unspecified atom stereocenters. The average molecular weight is 209 g/mol. The molecule has 4 heavy (non-hydrogen) atoms. The SMILES string of the molecule is [Co].[Cu].[Ni].[Si]. The molecular formula is CoCuNiSi. The molecule has 0 aromatic rings. The van der Waals surface area contributed by atoms with Gasteiger partial charge in [0.15, 0.2) is 0 Å². The van der Waals surface area contributed by atoms with Gasteiger partial charge in [-0.05, 0) is 0 Å². The van der Waals surface area contributed by atoms with Crippen LogP contribution in [0.3, 0.4) is 0 Å². The second-order valence-corrected chi connectivity index (χ2v) is 0. The Morgan fingerprint density at radius 3 is 1.00 bits per heavy atom.